The van der Waals surface area contributed by atoms with Crippen molar-refractivity contribution in [3.05, 3.63) is 59.9 Å². The van der Waals surface area contributed by atoms with Gasteiger partial charge in [0.05, 0.1) is 23.4 Å². The molecule has 5 rings (SSSR count). The van der Waals surface area contributed by atoms with Crippen molar-refractivity contribution in [3.63, 3.8) is 0 Å². The van der Waals surface area contributed by atoms with Crippen molar-refractivity contribution in [1.82, 2.24) is 24.6 Å². The Hall–Kier alpha value is -4.21. The number of fused-ring (bicyclic) bond motifs is 1. The number of aromatic nitrogens is 4. The number of nitrogen functional groups attached to an aromatic ring is 1. The van der Waals surface area contributed by atoms with Crippen LogP contribution in [-0.4, -0.2) is 63.5 Å². The number of carbonyl (C=O) groups excluding carboxylic acids is 1. The summed E-state index contributed by atoms with van der Waals surface area (Å²) in [4.78, 5) is 25.6. The van der Waals surface area contributed by atoms with Gasteiger partial charge in [0.15, 0.2) is 5.65 Å². The Morgan fingerprint density at radius 1 is 1.03 bits per heavy atom. The van der Waals surface area contributed by atoms with Crippen LogP contribution < -0.4 is 10.6 Å². The smallest absolute Gasteiger partial charge is 0.409 e. The number of piperazine rings is 1. The van der Waals surface area contributed by atoms with Gasteiger partial charge >= 0.3 is 6.09 Å². The van der Waals surface area contributed by atoms with Gasteiger partial charge in [-0.05, 0) is 42.7 Å². The van der Waals surface area contributed by atoms with Crippen LogP contribution >= 0.6 is 0 Å². The third kappa shape index (κ3) is 4.78. The minimum absolute atomic E-state index is 0.310. The second kappa shape index (κ2) is 10.0. The minimum atomic E-state index is -0.339. The topological polar surface area (TPSA) is 102 Å². The van der Waals surface area contributed by atoms with Crippen LogP contribution in [0.1, 0.15) is 32.3 Å². The zero-order valence-electron chi connectivity index (χ0n) is 21.2. The average molecular weight is 504 g/mol. The van der Waals surface area contributed by atoms with E-state index in [2.05, 4.69) is 31.1 Å². The number of anilines is 2. The summed E-state index contributed by atoms with van der Waals surface area (Å²) < 4.78 is 20.2. The molecule has 0 spiro atoms. The van der Waals surface area contributed by atoms with Gasteiger partial charge in [0, 0.05) is 31.7 Å². The van der Waals surface area contributed by atoms with Crippen molar-refractivity contribution < 1.29 is 13.9 Å². The molecule has 4 aromatic rings. The number of hydrogen-bond donors (Lipinski definition) is 1. The predicted octanol–water partition coefficient (Wildman–Crippen LogP) is 4.61. The fourth-order valence-corrected chi connectivity index (χ4v) is 4.46. The first-order valence-corrected chi connectivity index (χ1v) is 12.4. The zero-order valence-corrected chi connectivity index (χ0v) is 21.2. The van der Waals surface area contributed by atoms with Crippen LogP contribution in [0.15, 0.2) is 48.5 Å². The van der Waals surface area contributed by atoms with Crippen LogP contribution in [0.25, 0.3) is 28.0 Å². The van der Waals surface area contributed by atoms with E-state index in [4.69, 9.17) is 20.4 Å². The van der Waals surface area contributed by atoms with Crippen LogP contribution in [0.3, 0.4) is 0 Å². The summed E-state index contributed by atoms with van der Waals surface area (Å²) in [6.45, 7) is 8.57. The number of benzene rings is 2. The Labute approximate surface area is 214 Å². The largest absolute Gasteiger partial charge is 0.450 e. The molecule has 1 fully saturated rings. The maximum absolute atomic E-state index is 13.5. The molecule has 0 bridgehead atoms. The fourth-order valence-electron chi connectivity index (χ4n) is 4.46. The van der Waals surface area contributed by atoms with Crippen molar-refractivity contribution in [3.8, 4) is 16.9 Å². The molecule has 37 heavy (non-hydrogen) atoms. The minimum Gasteiger partial charge on any atom is -0.450 e. The molecule has 0 atom stereocenters. The molecule has 1 aliphatic rings. The van der Waals surface area contributed by atoms with E-state index < -0.39 is 0 Å². The highest BCUT2D eigenvalue weighted by molar-refractivity contribution is 5.99. The number of halogens is 1. The number of hydrogen-bond acceptors (Lipinski definition) is 7. The molecule has 0 unspecified atom stereocenters. The second-order valence-corrected chi connectivity index (χ2v) is 9.29. The molecule has 2 aromatic carbocycles. The lowest BCUT2D eigenvalue weighted by Gasteiger charge is -2.34. The number of rotatable bonds is 5. The van der Waals surface area contributed by atoms with E-state index in [1.165, 1.54) is 17.7 Å². The van der Waals surface area contributed by atoms with E-state index in [9.17, 15) is 9.18 Å². The van der Waals surface area contributed by atoms with Crippen molar-refractivity contribution in [2.45, 2.75) is 26.7 Å². The molecule has 1 saturated heterocycles. The number of nitrogens with two attached hydrogens (primary N) is 1. The van der Waals surface area contributed by atoms with Gasteiger partial charge in [-0.25, -0.2) is 18.9 Å². The Morgan fingerprint density at radius 3 is 2.32 bits per heavy atom. The Bertz CT molecular complexity index is 1410. The summed E-state index contributed by atoms with van der Waals surface area (Å²) in [5.41, 5.74) is 10.5. The first-order valence-electron chi connectivity index (χ1n) is 12.4. The van der Waals surface area contributed by atoms with Crippen molar-refractivity contribution >= 4 is 28.9 Å². The van der Waals surface area contributed by atoms with Crippen LogP contribution in [0.2, 0.25) is 0 Å². The van der Waals surface area contributed by atoms with Gasteiger partial charge in [0.1, 0.15) is 11.6 Å². The number of carbonyl (C=O) groups is 1. The van der Waals surface area contributed by atoms with E-state index in [-0.39, 0.29) is 11.9 Å². The molecule has 0 saturated carbocycles. The Morgan fingerprint density at radius 2 is 1.70 bits per heavy atom. The molecule has 3 heterocycles. The van der Waals surface area contributed by atoms with Crippen LogP contribution in [-0.2, 0) is 4.74 Å². The average Bonchev–Trinajstić information content (AvgIpc) is 3.25. The second-order valence-electron chi connectivity index (χ2n) is 9.29. The highest BCUT2D eigenvalue weighted by Gasteiger charge is 2.26. The Kier molecular flexibility index (Phi) is 6.64. The molecule has 192 valence electrons. The summed E-state index contributed by atoms with van der Waals surface area (Å²) in [6, 6.07) is 14.2. The highest BCUT2D eigenvalue weighted by atomic mass is 19.1. The lowest BCUT2D eigenvalue weighted by atomic mass is 10.00. The molecular formula is C27H30FN7O2. The summed E-state index contributed by atoms with van der Waals surface area (Å²) >= 11 is 0. The first kappa shape index (κ1) is 24.5. The summed E-state index contributed by atoms with van der Waals surface area (Å²) in [6.07, 6.45) is -0.310. The van der Waals surface area contributed by atoms with Crippen molar-refractivity contribution in [2.24, 2.45) is 0 Å². The molecule has 2 aromatic heterocycles. The van der Waals surface area contributed by atoms with Crippen LogP contribution in [0.5, 0.6) is 0 Å². The molecule has 0 radical (unpaired) electrons. The number of nitrogens with zero attached hydrogens (tertiary/aromatic N) is 6. The lowest BCUT2D eigenvalue weighted by Crippen LogP contribution is -2.49. The van der Waals surface area contributed by atoms with Gasteiger partial charge in [-0.3, -0.25) is 0 Å². The van der Waals surface area contributed by atoms with Crippen molar-refractivity contribution in [2.75, 3.05) is 43.4 Å². The van der Waals surface area contributed by atoms with Crippen molar-refractivity contribution in [1.29, 1.82) is 0 Å². The zero-order chi connectivity index (χ0) is 26.1. The standard InChI is InChI=1S/C27H30FN7O2/c1-4-37-27(36)34-15-13-33(14-16-34)26-30-23(19-7-5-18(6-8-19)17(2)3)22-24(29)35(32-25(22)31-26)21-11-9-20(28)10-12-21/h5-12,17H,4,13-16,29H2,1-3H3. The predicted molar refractivity (Wildman–Crippen MR) is 141 cm³/mol. The molecule has 10 heteroatoms. The van der Waals surface area contributed by atoms with Gasteiger partial charge in [-0.1, -0.05) is 38.1 Å². The van der Waals surface area contributed by atoms with Gasteiger partial charge in [-0.2, -0.15) is 4.98 Å². The summed E-state index contributed by atoms with van der Waals surface area (Å²) in [5.74, 6) is 0.956. The molecule has 9 nitrogen and oxygen atoms in total. The lowest BCUT2D eigenvalue weighted by molar-refractivity contribution is 0.105. The quantitative estimate of drug-likeness (QED) is 0.424. The number of amides is 1. The Balaban J connectivity index is 1.58. The van der Waals surface area contributed by atoms with Crippen LogP contribution in [0.4, 0.5) is 21.0 Å². The first-order chi connectivity index (χ1) is 17.9. The van der Waals surface area contributed by atoms with Gasteiger partial charge in [0.25, 0.3) is 0 Å². The SMILES string of the molecule is CCOC(=O)N1CCN(c2nc(-c3ccc(C(C)C)cc3)c3c(N)n(-c4ccc(F)cc4)nc3n2)CC1. The third-order valence-corrected chi connectivity index (χ3v) is 6.57. The van der Waals surface area contributed by atoms with E-state index in [0.717, 1.165) is 5.56 Å². The summed E-state index contributed by atoms with van der Waals surface area (Å²) in [5, 5.41) is 5.31. The van der Waals surface area contributed by atoms with Gasteiger partial charge < -0.3 is 20.3 Å². The molecule has 2 N–H and O–H groups in total. The van der Waals surface area contributed by atoms with E-state index in [1.54, 1.807) is 28.6 Å². The number of ether oxygens (including phenoxy) is 1. The molecular weight excluding hydrogens is 473 g/mol. The van der Waals surface area contributed by atoms with Gasteiger partial charge in [0.2, 0.25) is 5.95 Å². The van der Waals surface area contributed by atoms with Crippen LogP contribution in [0, 0.1) is 5.82 Å². The highest BCUT2D eigenvalue weighted by Crippen LogP contribution is 2.34. The molecule has 1 aliphatic heterocycles. The normalized spacial score (nSPS) is 14.0. The van der Waals surface area contributed by atoms with E-state index in [1.807, 2.05) is 17.0 Å². The molecule has 1 amide bonds. The molecule has 0 aliphatic carbocycles. The fraction of sp³-hybridized carbons (Fsp3) is 0.333. The third-order valence-electron chi connectivity index (χ3n) is 6.57. The maximum Gasteiger partial charge on any atom is 0.409 e. The maximum atomic E-state index is 13.5. The van der Waals surface area contributed by atoms with E-state index in [0.29, 0.717) is 72.9 Å². The summed E-state index contributed by atoms with van der Waals surface area (Å²) in [7, 11) is 0. The van der Waals surface area contributed by atoms with E-state index >= 15 is 0 Å². The van der Waals surface area contributed by atoms with Gasteiger partial charge in [-0.15, -0.1) is 5.10 Å². The monoisotopic (exact) mass is 503 g/mol.